The van der Waals surface area contributed by atoms with Crippen LogP contribution in [0.5, 0.6) is 0 Å². The molecule has 0 saturated heterocycles. The van der Waals surface area contributed by atoms with Gasteiger partial charge in [0.05, 0.1) is 11.8 Å². The molecule has 1 heterocycles. The summed E-state index contributed by atoms with van der Waals surface area (Å²) in [6.45, 7) is 2.51. The van der Waals surface area contributed by atoms with Crippen LogP contribution in [-0.4, -0.2) is 31.1 Å². The molecule has 130 valence electrons. The second-order valence-electron chi connectivity index (χ2n) is 5.19. The van der Waals surface area contributed by atoms with Crippen LogP contribution in [-0.2, 0) is 10.0 Å². The van der Waals surface area contributed by atoms with Gasteiger partial charge in [0, 0.05) is 12.2 Å². The highest BCUT2D eigenvalue weighted by Crippen LogP contribution is 2.17. The molecule has 1 amide bonds. The van der Waals surface area contributed by atoms with Crippen LogP contribution in [0.15, 0.2) is 35.5 Å². The number of anilines is 1. The zero-order valence-electron chi connectivity index (χ0n) is 13.2. The Morgan fingerprint density at radius 3 is 2.62 bits per heavy atom. The minimum Gasteiger partial charge on any atom is -0.352 e. The average Bonchev–Trinajstić information content (AvgIpc) is 3.04. The van der Waals surface area contributed by atoms with Gasteiger partial charge in [-0.25, -0.2) is 4.39 Å². The van der Waals surface area contributed by atoms with Crippen LogP contribution in [0.4, 0.5) is 10.1 Å². The van der Waals surface area contributed by atoms with Gasteiger partial charge in [-0.2, -0.15) is 13.5 Å². The molecule has 0 spiro atoms. The van der Waals surface area contributed by atoms with E-state index in [9.17, 15) is 17.6 Å². The van der Waals surface area contributed by atoms with Crippen molar-refractivity contribution in [2.75, 3.05) is 11.3 Å². The molecule has 0 aliphatic carbocycles. The van der Waals surface area contributed by atoms with Gasteiger partial charge in [0.1, 0.15) is 5.82 Å². The Balaban J connectivity index is 2.12. The van der Waals surface area contributed by atoms with E-state index in [2.05, 4.69) is 20.2 Å². The van der Waals surface area contributed by atoms with Crippen molar-refractivity contribution in [3.63, 3.8) is 0 Å². The summed E-state index contributed by atoms with van der Waals surface area (Å²) in [7, 11) is -4.05. The number of carbonyl (C=O) groups excluding carboxylic acids is 1. The number of aromatic amines is 1. The SMILES string of the molecule is CCCCCNC(=O)c1cn[nH]c1S(=O)(=O)Nc1ccc(F)cc1. The van der Waals surface area contributed by atoms with Crippen molar-refractivity contribution in [2.45, 2.75) is 31.2 Å². The molecule has 0 bridgehead atoms. The Kier molecular flexibility index (Phi) is 5.91. The van der Waals surface area contributed by atoms with E-state index in [-0.39, 0.29) is 16.3 Å². The summed E-state index contributed by atoms with van der Waals surface area (Å²) >= 11 is 0. The van der Waals surface area contributed by atoms with E-state index < -0.39 is 21.7 Å². The van der Waals surface area contributed by atoms with Crippen LogP contribution in [0.3, 0.4) is 0 Å². The first-order valence-electron chi connectivity index (χ1n) is 7.54. The molecule has 1 aromatic heterocycles. The summed E-state index contributed by atoms with van der Waals surface area (Å²) in [6.07, 6.45) is 3.97. The number of nitrogens with zero attached hydrogens (tertiary/aromatic N) is 1. The monoisotopic (exact) mass is 354 g/mol. The maximum Gasteiger partial charge on any atom is 0.279 e. The summed E-state index contributed by atoms with van der Waals surface area (Å²) in [5.41, 5.74) is 0.112. The second-order valence-corrected chi connectivity index (χ2v) is 6.81. The van der Waals surface area contributed by atoms with Gasteiger partial charge in [-0.05, 0) is 30.7 Å². The number of H-pyrrole nitrogens is 1. The highest BCUT2D eigenvalue weighted by Gasteiger charge is 2.25. The summed E-state index contributed by atoms with van der Waals surface area (Å²) in [5.74, 6) is -0.994. The number of amides is 1. The highest BCUT2D eigenvalue weighted by atomic mass is 32.2. The fourth-order valence-electron chi connectivity index (χ4n) is 2.04. The number of halogens is 1. The molecular formula is C15H19FN4O3S. The van der Waals surface area contributed by atoms with Crippen molar-refractivity contribution >= 4 is 21.6 Å². The van der Waals surface area contributed by atoms with Crippen LogP contribution >= 0.6 is 0 Å². The Morgan fingerprint density at radius 1 is 1.25 bits per heavy atom. The number of sulfonamides is 1. The zero-order valence-corrected chi connectivity index (χ0v) is 14.0. The number of aromatic nitrogens is 2. The predicted molar refractivity (Wildman–Crippen MR) is 87.7 cm³/mol. The average molecular weight is 354 g/mol. The fraction of sp³-hybridized carbons (Fsp3) is 0.333. The Labute approximate surface area is 139 Å². The summed E-state index contributed by atoms with van der Waals surface area (Å²) in [6, 6.07) is 4.83. The Bertz CT molecular complexity index is 787. The number of benzene rings is 1. The summed E-state index contributed by atoms with van der Waals surface area (Å²) in [4.78, 5) is 12.1. The number of hydrogen-bond donors (Lipinski definition) is 3. The van der Waals surface area contributed by atoms with Gasteiger partial charge in [-0.15, -0.1) is 0 Å². The fourth-order valence-corrected chi connectivity index (χ4v) is 3.19. The van der Waals surface area contributed by atoms with Gasteiger partial charge in [0.25, 0.3) is 15.9 Å². The normalized spacial score (nSPS) is 11.2. The van der Waals surface area contributed by atoms with E-state index in [0.717, 1.165) is 37.6 Å². The summed E-state index contributed by atoms with van der Waals surface area (Å²) in [5, 5.41) is 8.30. The number of nitrogens with one attached hydrogen (secondary N) is 3. The third-order valence-corrected chi connectivity index (χ3v) is 4.63. The third kappa shape index (κ3) is 4.54. The van der Waals surface area contributed by atoms with E-state index in [1.165, 1.54) is 12.1 Å². The molecule has 0 atom stereocenters. The van der Waals surface area contributed by atoms with Crippen molar-refractivity contribution in [1.29, 1.82) is 0 Å². The van der Waals surface area contributed by atoms with Crippen molar-refractivity contribution in [3.05, 3.63) is 41.8 Å². The first kappa shape index (κ1) is 17.9. The van der Waals surface area contributed by atoms with Gasteiger partial charge in [-0.1, -0.05) is 19.8 Å². The molecular weight excluding hydrogens is 335 g/mol. The molecule has 0 radical (unpaired) electrons. The lowest BCUT2D eigenvalue weighted by molar-refractivity contribution is 0.0949. The van der Waals surface area contributed by atoms with E-state index in [1.807, 2.05) is 6.92 Å². The van der Waals surface area contributed by atoms with Gasteiger partial charge in [0.15, 0.2) is 5.03 Å². The maximum absolute atomic E-state index is 12.9. The molecule has 0 aliphatic heterocycles. The van der Waals surface area contributed by atoms with E-state index >= 15 is 0 Å². The highest BCUT2D eigenvalue weighted by molar-refractivity contribution is 7.92. The number of hydrogen-bond acceptors (Lipinski definition) is 4. The Morgan fingerprint density at radius 2 is 1.96 bits per heavy atom. The molecule has 3 N–H and O–H groups in total. The zero-order chi connectivity index (χ0) is 17.6. The van der Waals surface area contributed by atoms with Crippen molar-refractivity contribution in [2.24, 2.45) is 0 Å². The van der Waals surface area contributed by atoms with Gasteiger partial charge < -0.3 is 5.32 Å². The van der Waals surface area contributed by atoms with E-state index in [4.69, 9.17) is 0 Å². The first-order valence-corrected chi connectivity index (χ1v) is 9.02. The maximum atomic E-state index is 12.9. The van der Waals surface area contributed by atoms with Crippen LogP contribution < -0.4 is 10.0 Å². The van der Waals surface area contributed by atoms with Crippen molar-refractivity contribution in [1.82, 2.24) is 15.5 Å². The molecule has 2 aromatic rings. The lowest BCUT2D eigenvalue weighted by Gasteiger charge is -2.08. The molecule has 1 aromatic carbocycles. The predicted octanol–water partition coefficient (Wildman–Crippen LogP) is 2.27. The van der Waals surface area contributed by atoms with Crippen molar-refractivity contribution in [3.8, 4) is 0 Å². The van der Waals surface area contributed by atoms with Gasteiger partial charge in [0.2, 0.25) is 0 Å². The molecule has 7 nitrogen and oxygen atoms in total. The number of carbonyl (C=O) groups is 1. The number of unbranched alkanes of at least 4 members (excludes halogenated alkanes) is 2. The van der Waals surface area contributed by atoms with Gasteiger partial charge in [-0.3, -0.25) is 14.6 Å². The minimum absolute atomic E-state index is 0.0684. The van der Waals surface area contributed by atoms with Crippen LogP contribution in [0, 0.1) is 5.82 Å². The second kappa shape index (κ2) is 7.91. The molecule has 24 heavy (non-hydrogen) atoms. The molecule has 0 saturated carbocycles. The van der Waals surface area contributed by atoms with Crippen LogP contribution in [0.25, 0.3) is 0 Å². The lowest BCUT2D eigenvalue weighted by atomic mass is 10.2. The largest absolute Gasteiger partial charge is 0.352 e. The Hall–Kier alpha value is -2.42. The van der Waals surface area contributed by atoms with Crippen LogP contribution in [0.1, 0.15) is 36.5 Å². The standard InChI is InChI=1S/C15H19FN4O3S/c1-2-3-4-9-17-14(21)13-10-18-19-15(13)24(22,23)20-12-7-5-11(16)6-8-12/h5-8,10,20H,2-4,9H2,1H3,(H,17,21)(H,18,19). The van der Waals surface area contributed by atoms with E-state index in [1.54, 1.807) is 0 Å². The van der Waals surface area contributed by atoms with Crippen LogP contribution in [0.2, 0.25) is 0 Å². The molecule has 2 rings (SSSR count). The molecule has 0 unspecified atom stereocenters. The summed E-state index contributed by atoms with van der Waals surface area (Å²) < 4.78 is 39.9. The smallest absolute Gasteiger partial charge is 0.279 e. The molecule has 0 fully saturated rings. The van der Waals surface area contributed by atoms with Crippen molar-refractivity contribution < 1.29 is 17.6 Å². The third-order valence-electron chi connectivity index (χ3n) is 3.28. The minimum atomic E-state index is -4.05. The van der Waals surface area contributed by atoms with E-state index in [0.29, 0.717) is 6.54 Å². The first-order chi connectivity index (χ1) is 11.4. The molecule has 9 heteroatoms. The molecule has 0 aliphatic rings. The van der Waals surface area contributed by atoms with Gasteiger partial charge >= 0.3 is 0 Å². The number of rotatable bonds is 8. The quantitative estimate of drug-likeness (QED) is 0.633. The lowest BCUT2D eigenvalue weighted by Crippen LogP contribution is -2.26. The topological polar surface area (TPSA) is 104 Å².